The molecule has 33 heavy (non-hydrogen) atoms. The summed E-state index contributed by atoms with van der Waals surface area (Å²) in [6, 6.07) is 11.7. The number of anilines is 2. The number of likely N-dealkylation sites (tertiary alicyclic amines) is 1. The third-order valence-electron chi connectivity index (χ3n) is 5.41. The Morgan fingerprint density at radius 2 is 2.00 bits per heavy atom. The molecule has 3 heterocycles. The number of rotatable bonds is 5. The van der Waals surface area contributed by atoms with E-state index in [1.165, 1.54) is 16.2 Å². The predicted octanol–water partition coefficient (Wildman–Crippen LogP) is 3.58. The molecule has 2 aromatic carbocycles. The summed E-state index contributed by atoms with van der Waals surface area (Å²) >= 11 is 1.25. The number of hydrogen-bond acceptors (Lipinski definition) is 8. The number of urea groups is 1. The highest BCUT2D eigenvalue weighted by atomic mass is 32.1. The first-order chi connectivity index (χ1) is 16.1. The van der Waals surface area contributed by atoms with Gasteiger partial charge in [-0.25, -0.2) is 4.79 Å². The number of ether oxygens (including phenoxy) is 3. The number of methoxy groups -OCH3 is 1. The molecule has 2 aliphatic rings. The monoisotopic (exact) mass is 467 g/mol. The summed E-state index contributed by atoms with van der Waals surface area (Å²) in [7, 11) is 1.56. The lowest BCUT2D eigenvalue weighted by Crippen LogP contribution is -2.45. The molecule has 0 aliphatic carbocycles. The van der Waals surface area contributed by atoms with E-state index in [9.17, 15) is 9.59 Å². The maximum absolute atomic E-state index is 12.9. The maximum atomic E-state index is 12.9. The van der Waals surface area contributed by atoms with Gasteiger partial charge in [0.05, 0.1) is 7.11 Å². The van der Waals surface area contributed by atoms with E-state index in [0.717, 1.165) is 12.0 Å². The average Bonchev–Trinajstić information content (AvgIpc) is 3.58. The lowest BCUT2D eigenvalue weighted by molar-refractivity contribution is -0.119. The van der Waals surface area contributed by atoms with E-state index in [-0.39, 0.29) is 18.7 Å². The van der Waals surface area contributed by atoms with E-state index in [1.54, 1.807) is 31.4 Å². The Morgan fingerprint density at radius 1 is 1.12 bits per heavy atom. The summed E-state index contributed by atoms with van der Waals surface area (Å²) in [5.74, 6) is 1.68. The van der Waals surface area contributed by atoms with E-state index >= 15 is 0 Å². The van der Waals surface area contributed by atoms with Crippen LogP contribution in [0.3, 0.4) is 0 Å². The lowest BCUT2D eigenvalue weighted by atomic mass is 10.2. The maximum Gasteiger partial charge on any atom is 0.322 e. The van der Waals surface area contributed by atoms with Crippen molar-refractivity contribution in [2.45, 2.75) is 18.9 Å². The van der Waals surface area contributed by atoms with Crippen LogP contribution in [0, 0.1) is 0 Å². The zero-order chi connectivity index (χ0) is 22.8. The number of aromatic nitrogens is 2. The molecule has 1 aromatic heterocycles. The van der Waals surface area contributed by atoms with E-state index in [2.05, 4.69) is 20.8 Å². The van der Waals surface area contributed by atoms with Crippen LogP contribution in [0.4, 0.5) is 15.6 Å². The third-order valence-corrected chi connectivity index (χ3v) is 6.30. The summed E-state index contributed by atoms with van der Waals surface area (Å²) in [5.41, 5.74) is 1.42. The molecule has 0 spiro atoms. The molecule has 1 fully saturated rings. The zero-order valence-electron chi connectivity index (χ0n) is 17.7. The van der Waals surface area contributed by atoms with Gasteiger partial charge < -0.3 is 24.4 Å². The van der Waals surface area contributed by atoms with Gasteiger partial charge >= 0.3 is 6.03 Å². The molecule has 0 radical (unpaired) electrons. The van der Waals surface area contributed by atoms with Crippen LogP contribution in [0.5, 0.6) is 17.2 Å². The van der Waals surface area contributed by atoms with Gasteiger partial charge in [-0.3, -0.25) is 10.1 Å². The van der Waals surface area contributed by atoms with Gasteiger partial charge in [0.15, 0.2) is 11.5 Å². The van der Waals surface area contributed by atoms with E-state index in [4.69, 9.17) is 14.2 Å². The predicted molar refractivity (Wildman–Crippen MR) is 122 cm³/mol. The molecule has 170 valence electrons. The number of carbonyl (C=O) groups excluding carboxylic acids is 2. The highest BCUT2D eigenvalue weighted by Gasteiger charge is 2.34. The fraction of sp³-hybridized carbons (Fsp3) is 0.273. The van der Waals surface area contributed by atoms with Gasteiger partial charge in [0.1, 0.15) is 16.8 Å². The fourth-order valence-corrected chi connectivity index (χ4v) is 4.53. The van der Waals surface area contributed by atoms with E-state index in [0.29, 0.717) is 46.0 Å². The zero-order valence-corrected chi connectivity index (χ0v) is 18.6. The first-order valence-corrected chi connectivity index (χ1v) is 11.2. The number of amides is 3. The van der Waals surface area contributed by atoms with Gasteiger partial charge in [0.25, 0.3) is 0 Å². The Balaban J connectivity index is 1.24. The second-order valence-corrected chi connectivity index (χ2v) is 8.46. The number of carbonyl (C=O) groups is 2. The van der Waals surface area contributed by atoms with Crippen molar-refractivity contribution >= 4 is 34.1 Å². The van der Waals surface area contributed by atoms with Crippen molar-refractivity contribution in [1.82, 2.24) is 15.1 Å². The molecule has 0 bridgehead atoms. The molecular weight excluding hydrogens is 446 g/mol. The van der Waals surface area contributed by atoms with Crippen LogP contribution in [0.25, 0.3) is 10.6 Å². The Bertz CT molecular complexity index is 1200. The fourth-order valence-electron chi connectivity index (χ4n) is 3.79. The number of nitrogens with zero attached hydrogens (tertiary/aromatic N) is 3. The molecule has 3 amide bonds. The third kappa shape index (κ3) is 4.40. The van der Waals surface area contributed by atoms with Gasteiger partial charge in [-0.15, -0.1) is 10.2 Å². The van der Waals surface area contributed by atoms with Crippen LogP contribution >= 0.6 is 11.3 Å². The van der Waals surface area contributed by atoms with Crippen molar-refractivity contribution in [2.24, 2.45) is 0 Å². The molecular formula is C22H21N5O5S. The molecule has 2 N–H and O–H groups in total. The molecule has 11 heteroatoms. The lowest BCUT2D eigenvalue weighted by Gasteiger charge is -2.23. The smallest absolute Gasteiger partial charge is 0.322 e. The van der Waals surface area contributed by atoms with Crippen LogP contribution in [0.15, 0.2) is 42.5 Å². The molecule has 0 saturated carbocycles. The van der Waals surface area contributed by atoms with Crippen molar-refractivity contribution in [3.8, 4) is 27.8 Å². The van der Waals surface area contributed by atoms with Gasteiger partial charge in [-0.05, 0) is 43.2 Å². The highest BCUT2D eigenvalue weighted by molar-refractivity contribution is 7.18. The van der Waals surface area contributed by atoms with E-state index in [1.807, 2.05) is 18.2 Å². The first-order valence-electron chi connectivity index (χ1n) is 10.4. The second kappa shape index (κ2) is 8.94. The van der Waals surface area contributed by atoms with Crippen molar-refractivity contribution in [3.05, 3.63) is 42.5 Å². The molecule has 10 nitrogen and oxygen atoms in total. The van der Waals surface area contributed by atoms with Crippen LogP contribution in [0.1, 0.15) is 12.8 Å². The number of nitrogens with one attached hydrogen (secondary N) is 2. The minimum Gasteiger partial charge on any atom is -0.497 e. The Morgan fingerprint density at radius 3 is 2.88 bits per heavy atom. The summed E-state index contributed by atoms with van der Waals surface area (Å²) in [4.78, 5) is 27.3. The van der Waals surface area contributed by atoms with Gasteiger partial charge in [-0.2, -0.15) is 0 Å². The Hall–Kier alpha value is -3.86. The number of hydrogen-bond donors (Lipinski definition) is 2. The van der Waals surface area contributed by atoms with Crippen LogP contribution in [0.2, 0.25) is 0 Å². The summed E-state index contributed by atoms with van der Waals surface area (Å²) in [5, 5.41) is 14.9. The number of fused-ring (bicyclic) bond motifs is 1. The normalized spacial score (nSPS) is 16.5. The van der Waals surface area contributed by atoms with Crippen LogP contribution in [-0.2, 0) is 4.79 Å². The molecule has 1 saturated heterocycles. The molecule has 3 aromatic rings. The van der Waals surface area contributed by atoms with Crippen molar-refractivity contribution < 1.29 is 23.8 Å². The molecule has 1 atom stereocenters. The minimum atomic E-state index is -0.589. The van der Waals surface area contributed by atoms with Crippen molar-refractivity contribution in [2.75, 3.05) is 31.1 Å². The Kier molecular flexibility index (Phi) is 5.69. The van der Waals surface area contributed by atoms with E-state index < -0.39 is 6.04 Å². The quantitative estimate of drug-likeness (QED) is 0.589. The second-order valence-electron chi connectivity index (χ2n) is 7.48. The standard InChI is InChI=1S/C22H21N5O5S/c1-30-15-5-2-4-14(11-15)23-22(29)27-9-3-6-16(27)19(28)24-21-26-25-20(33-21)13-7-8-17-18(10-13)32-12-31-17/h2,4-5,7-8,10-11,16H,3,6,9,12H2,1H3,(H,23,29)(H,24,26,28). The number of benzene rings is 2. The van der Waals surface area contributed by atoms with Crippen LogP contribution in [-0.4, -0.2) is 53.5 Å². The van der Waals surface area contributed by atoms with Gasteiger partial charge in [0.2, 0.25) is 17.8 Å². The molecule has 1 unspecified atom stereocenters. The van der Waals surface area contributed by atoms with Gasteiger partial charge in [0, 0.05) is 23.9 Å². The molecule has 2 aliphatic heterocycles. The van der Waals surface area contributed by atoms with Crippen molar-refractivity contribution in [1.29, 1.82) is 0 Å². The molecule has 5 rings (SSSR count). The summed E-state index contributed by atoms with van der Waals surface area (Å²) < 4.78 is 15.9. The van der Waals surface area contributed by atoms with Crippen molar-refractivity contribution in [3.63, 3.8) is 0 Å². The van der Waals surface area contributed by atoms with Gasteiger partial charge in [-0.1, -0.05) is 17.4 Å². The minimum absolute atomic E-state index is 0.194. The SMILES string of the molecule is COc1cccc(NC(=O)N2CCCC2C(=O)Nc2nnc(-c3ccc4c(c3)OCO4)s2)c1. The topological polar surface area (TPSA) is 115 Å². The summed E-state index contributed by atoms with van der Waals surface area (Å²) in [6.45, 7) is 0.686. The largest absolute Gasteiger partial charge is 0.497 e. The van der Waals surface area contributed by atoms with Crippen LogP contribution < -0.4 is 24.8 Å². The first kappa shape index (κ1) is 21.0. The summed E-state index contributed by atoms with van der Waals surface area (Å²) in [6.07, 6.45) is 1.31. The highest BCUT2D eigenvalue weighted by Crippen LogP contribution is 2.37. The average molecular weight is 468 g/mol. The Labute approximate surface area is 193 Å².